The van der Waals surface area contributed by atoms with Gasteiger partial charge in [0.1, 0.15) is 4.90 Å². The molecule has 100 valence electrons. The van der Waals surface area contributed by atoms with Gasteiger partial charge in [-0.3, -0.25) is 0 Å². The Kier molecular flexibility index (Phi) is 4.33. The van der Waals surface area contributed by atoms with Crippen molar-refractivity contribution in [3.63, 3.8) is 0 Å². The fraction of sp³-hybridized carbons (Fsp3) is 0.455. The molecule has 0 N–H and O–H groups in total. The van der Waals surface area contributed by atoms with Crippen molar-refractivity contribution in [1.82, 2.24) is 4.31 Å². The maximum Gasteiger partial charge on any atom is 0.244 e. The zero-order valence-corrected chi connectivity index (χ0v) is 12.9. The summed E-state index contributed by atoms with van der Waals surface area (Å²) in [6, 6.07) is 4.77. The number of sulfonamides is 1. The Morgan fingerprint density at radius 3 is 2.83 bits per heavy atom. The Morgan fingerprint density at radius 2 is 2.22 bits per heavy atom. The number of ether oxygens (including phenoxy) is 1. The van der Waals surface area contributed by atoms with Crippen LogP contribution in [0.1, 0.15) is 6.92 Å². The lowest BCUT2D eigenvalue weighted by Crippen LogP contribution is -2.44. The van der Waals surface area contributed by atoms with Crippen LogP contribution in [0.15, 0.2) is 27.6 Å². The van der Waals surface area contributed by atoms with Gasteiger partial charge in [0.25, 0.3) is 0 Å². The highest BCUT2D eigenvalue weighted by Crippen LogP contribution is 2.28. The smallest absolute Gasteiger partial charge is 0.244 e. The molecule has 18 heavy (non-hydrogen) atoms. The van der Waals surface area contributed by atoms with Crippen LogP contribution < -0.4 is 0 Å². The molecule has 1 aromatic rings. The van der Waals surface area contributed by atoms with E-state index in [0.717, 1.165) is 4.47 Å². The lowest BCUT2D eigenvalue weighted by molar-refractivity contribution is 0.0102. The second kappa shape index (κ2) is 5.46. The molecular formula is C11H13BrClNO3S. The van der Waals surface area contributed by atoms with E-state index in [1.807, 2.05) is 6.92 Å². The van der Waals surface area contributed by atoms with Crippen molar-refractivity contribution < 1.29 is 13.2 Å². The van der Waals surface area contributed by atoms with E-state index in [1.165, 1.54) is 10.4 Å². The van der Waals surface area contributed by atoms with Crippen LogP contribution in [0, 0.1) is 0 Å². The van der Waals surface area contributed by atoms with Crippen molar-refractivity contribution in [1.29, 1.82) is 0 Å². The van der Waals surface area contributed by atoms with E-state index >= 15 is 0 Å². The van der Waals surface area contributed by atoms with Gasteiger partial charge in [0.15, 0.2) is 0 Å². The molecular weight excluding hydrogens is 342 g/mol. The van der Waals surface area contributed by atoms with E-state index in [4.69, 9.17) is 16.3 Å². The summed E-state index contributed by atoms with van der Waals surface area (Å²) in [6.45, 7) is 2.98. The van der Waals surface area contributed by atoms with Gasteiger partial charge in [0.2, 0.25) is 10.0 Å². The van der Waals surface area contributed by atoms with Gasteiger partial charge in [-0.25, -0.2) is 8.42 Å². The fourth-order valence-electron chi connectivity index (χ4n) is 1.83. The summed E-state index contributed by atoms with van der Waals surface area (Å²) in [7, 11) is -3.54. The molecule has 7 heteroatoms. The average molecular weight is 355 g/mol. The summed E-state index contributed by atoms with van der Waals surface area (Å²) in [5.74, 6) is 0. The minimum absolute atomic E-state index is 0.0947. The van der Waals surface area contributed by atoms with Gasteiger partial charge in [-0.15, -0.1) is 0 Å². The van der Waals surface area contributed by atoms with Crippen molar-refractivity contribution in [2.45, 2.75) is 17.9 Å². The summed E-state index contributed by atoms with van der Waals surface area (Å²) in [4.78, 5) is 0.140. The van der Waals surface area contributed by atoms with Crippen LogP contribution in [-0.2, 0) is 14.8 Å². The number of hydrogen-bond donors (Lipinski definition) is 0. The topological polar surface area (TPSA) is 46.6 Å². The fourth-order valence-corrected chi connectivity index (χ4v) is 4.34. The first kappa shape index (κ1) is 14.3. The van der Waals surface area contributed by atoms with Gasteiger partial charge in [-0.05, 0) is 25.1 Å². The number of nitrogens with zero attached hydrogens (tertiary/aromatic N) is 1. The SMILES string of the molecule is C[C@@H]1CN(S(=O)(=O)c2ccc(Br)cc2Cl)CCO1. The molecule has 1 heterocycles. The summed E-state index contributed by atoms with van der Waals surface area (Å²) >= 11 is 9.26. The summed E-state index contributed by atoms with van der Waals surface area (Å²) < 4.78 is 32.4. The van der Waals surface area contributed by atoms with E-state index in [0.29, 0.717) is 19.7 Å². The summed E-state index contributed by atoms with van der Waals surface area (Å²) in [5.41, 5.74) is 0. The van der Waals surface area contributed by atoms with Gasteiger partial charge in [0, 0.05) is 17.6 Å². The Balaban J connectivity index is 2.35. The highest BCUT2D eigenvalue weighted by atomic mass is 79.9. The molecule has 0 aromatic heterocycles. The molecule has 0 saturated carbocycles. The molecule has 0 aliphatic carbocycles. The molecule has 1 fully saturated rings. The zero-order valence-electron chi connectivity index (χ0n) is 9.77. The van der Waals surface area contributed by atoms with Crippen molar-refractivity contribution in [3.8, 4) is 0 Å². The normalized spacial score (nSPS) is 22.1. The summed E-state index contributed by atoms with van der Waals surface area (Å²) in [6.07, 6.45) is -0.0947. The van der Waals surface area contributed by atoms with Crippen LogP contribution in [-0.4, -0.2) is 38.5 Å². The van der Waals surface area contributed by atoms with E-state index in [9.17, 15) is 8.42 Å². The lowest BCUT2D eigenvalue weighted by Gasteiger charge is -2.30. The summed E-state index contributed by atoms with van der Waals surface area (Å²) in [5, 5.41) is 0.225. The number of morpholine rings is 1. The third kappa shape index (κ3) is 2.88. The number of benzene rings is 1. The van der Waals surface area contributed by atoms with Gasteiger partial charge in [-0.1, -0.05) is 27.5 Å². The predicted molar refractivity (Wildman–Crippen MR) is 73.3 cm³/mol. The number of hydrogen-bond acceptors (Lipinski definition) is 3. The van der Waals surface area contributed by atoms with E-state index < -0.39 is 10.0 Å². The maximum absolute atomic E-state index is 12.4. The zero-order chi connectivity index (χ0) is 13.3. The van der Waals surface area contributed by atoms with Gasteiger partial charge >= 0.3 is 0 Å². The second-order valence-corrected chi connectivity index (χ2v) is 7.35. The third-order valence-electron chi connectivity index (χ3n) is 2.72. The largest absolute Gasteiger partial charge is 0.376 e. The Labute approximate surface area is 120 Å². The molecule has 1 saturated heterocycles. The van der Waals surface area contributed by atoms with Crippen molar-refractivity contribution in [2.75, 3.05) is 19.7 Å². The number of halogens is 2. The van der Waals surface area contributed by atoms with E-state index in [1.54, 1.807) is 12.1 Å². The van der Waals surface area contributed by atoms with Gasteiger partial charge < -0.3 is 4.74 Å². The quantitative estimate of drug-likeness (QED) is 0.820. The van der Waals surface area contributed by atoms with Crippen LogP contribution in [0.25, 0.3) is 0 Å². The Bertz CT molecular complexity index is 549. The lowest BCUT2D eigenvalue weighted by atomic mass is 10.3. The molecule has 1 aliphatic heterocycles. The molecule has 0 amide bonds. The highest BCUT2D eigenvalue weighted by Gasteiger charge is 2.30. The minimum Gasteiger partial charge on any atom is -0.376 e. The molecule has 0 bridgehead atoms. The first-order chi connectivity index (χ1) is 8.41. The highest BCUT2D eigenvalue weighted by molar-refractivity contribution is 9.10. The van der Waals surface area contributed by atoms with Crippen molar-refractivity contribution >= 4 is 37.6 Å². The van der Waals surface area contributed by atoms with Crippen LogP contribution in [0.3, 0.4) is 0 Å². The van der Waals surface area contributed by atoms with Gasteiger partial charge in [-0.2, -0.15) is 4.31 Å². The van der Waals surface area contributed by atoms with Crippen LogP contribution in [0.2, 0.25) is 5.02 Å². The predicted octanol–water partition coefficient (Wildman–Crippen LogP) is 2.51. The first-order valence-electron chi connectivity index (χ1n) is 5.48. The molecule has 1 aromatic carbocycles. The van der Waals surface area contributed by atoms with E-state index in [-0.39, 0.29) is 16.0 Å². The molecule has 2 rings (SSSR count). The molecule has 1 atom stereocenters. The second-order valence-electron chi connectivity index (χ2n) is 4.12. The molecule has 1 aliphatic rings. The third-order valence-corrected chi connectivity index (χ3v) is 5.56. The monoisotopic (exact) mass is 353 g/mol. The van der Waals surface area contributed by atoms with Crippen molar-refractivity contribution in [3.05, 3.63) is 27.7 Å². The van der Waals surface area contributed by atoms with Gasteiger partial charge in [0.05, 0.1) is 17.7 Å². The van der Waals surface area contributed by atoms with Crippen LogP contribution in [0.4, 0.5) is 0 Å². The number of rotatable bonds is 2. The molecule has 0 spiro atoms. The van der Waals surface area contributed by atoms with Crippen molar-refractivity contribution in [2.24, 2.45) is 0 Å². The standard InChI is InChI=1S/C11H13BrClNO3S/c1-8-7-14(4-5-17-8)18(15,16)11-3-2-9(12)6-10(11)13/h2-3,6,8H,4-5,7H2,1H3/t8-/m1/s1. The van der Waals surface area contributed by atoms with Crippen LogP contribution in [0.5, 0.6) is 0 Å². The van der Waals surface area contributed by atoms with E-state index in [2.05, 4.69) is 15.9 Å². The van der Waals surface area contributed by atoms with Crippen LogP contribution >= 0.6 is 27.5 Å². The Hall–Kier alpha value is -0.140. The molecule has 0 unspecified atom stereocenters. The minimum atomic E-state index is -3.54. The first-order valence-corrected chi connectivity index (χ1v) is 8.09. The molecule has 4 nitrogen and oxygen atoms in total. The average Bonchev–Trinajstić information content (AvgIpc) is 2.28. The molecule has 0 radical (unpaired) electrons. The Morgan fingerprint density at radius 1 is 1.50 bits per heavy atom. The maximum atomic E-state index is 12.4.